The molecule has 1 aromatic rings. The molecule has 1 atom stereocenters. The summed E-state index contributed by atoms with van der Waals surface area (Å²) in [5.74, 6) is -4.46. The molecule has 1 aromatic carbocycles. The van der Waals surface area contributed by atoms with E-state index < -0.39 is 41.2 Å². The van der Waals surface area contributed by atoms with Crippen molar-refractivity contribution in [1.82, 2.24) is 20.2 Å². The van der Waals surface area contributed by atoms with Crippen molar-refractivity contribution in [3.05, 3.63) is 35.4 Å². The van der Waals surface area contributed by atoms with E-state index in [0.717, 1.165) is 30.8 Å². The van der Waals surface area contributed by atoms with E-state index in [4.69, 9.17) is 4.84 Å². The molecule has 0 unspecified atom stereocenters. The van der Waals surface area contributed by atoms with Crippen LogP contribution in [0.2, 0.25) is 0 Å². The van der Waals surface area contributed by atoms with Crippen LogP contribution in [0.15, 0.2) is 24.3 Å². The molecular weight excluding hydrogens is 444 g/mol. The minimum atomic E-state index is -1.53. The summed E-state index contributed by atoms with van der Waals surface area (Å²) in [4.78, 5) is 84.0. The van der Waals surface area contributed by atoms with E-state index in [1.165, 1.54) is 26.0 Å². The normalized spacial score (nSPS) is 21.2. The molecule has 3 aliphatic rings. The van der Waals surface area contributed by atoms with Gasteiger partial charge >= 0.3 is 5.97 Å². The predicted molar refractivity (Wildman–Crippen MR) is 116 cm³/mol. The second-order valence-electron chi connectivity index (χ2n) is 9.14. The van der Waals surface area contributed by atoms with Gasteiger partial charge in [0.05, 0.1) is 17.7 Å². The second kappa shape index (κ2) is 8.98. The van der Waals surface area contributed by atoms with Gasteiger partial charge in [0.15, 0.2) is 0 Å². The molecule has 0 bridgehead atoms. The Hall–Kier alpha value is -3.60. The standard InChI is InChI=1S/C23H26N4O7/c1-23(2,24-17(28)13-25-11-5-6-12-25)22(33)34-27-18(29)10-9-16(21(27)32)26-19(30)14-7-3-4-8-15(14)20(26)31/h3-4,7-8,16H,5-6,9-13H2,1-2H3,(H,24,28)/t16-/m0/s1. The molecule has 0 radical (unpaired) electrons. The predicted octanol–water partition coefficient (Wildman–Crippen LogP) is 0.249. The van der Waals surface area contributed by atoms with Gasteiger partial charge in [-0.2, -0.15) is 0 Å². The summed E-state index contributed by atoms with van der Waals surface area (Å²) >= 11 is 0. The molecule has 0 saturated carbocycles. The van der Waals surface area contributed by atoms with Crippen molar-refractivity contribution in [2.45, 2.75) is 51.1 Å². The maximum atomic E-state index is 13.1. The van der Waals surface area contributed by atoms with Crippen LogP contribution in [0.5, 0.6) is 0 Å². The van der Waals surface area contributed by atoms with Gasteiger partial charge in [-0.1, -0.05) is 12.1 Å². The first-order chi connectivity index (χ1) is 16.1. The second-order valence-corrected chi connectivity index (χ2v) is 9.14. The average molecular weight is 470 g/mol. The van der Waals surface area contributed by atoms with Crippen molar-refractivity contribution in [2.75, 3.05) is 19.6 Å². The van der Waals surface area contributed by atoms with Crippen LogP contribution in [-0.2, 0) is 24.0 Å². The molecule has 34 heavy (non-hydrogen) atoms. The molecule has 1 N–H and O–H groups in total. The molecule has 3 heterocycles. The molecule has 0 spiro atoms. The van der Waals surface area contributed by atoms with E-state index in [1.54, 1.807) is 12.1 Å². The first-order valence-corrected chi connectivity index (χ1v) is 11.2. The van der Waals surface area contributed by atoms with Gasteiger partial charge in [-0.05, 0) is 58.3 Å². The Morgan fingerprint density at radius 1 is 1.03 bits per heavy atom. The van der Waals surface area contributed by atoms with Gasteiger partial charge in [0.25, 0.3) is 23.6 Å². The quantitative estimate of drug-likeness (QED) is 0.585. The fraction of sp³-hybridized carbons (Fsp3) is 0.478. The van der Waals surface area contributed by atoms with E-state index in [1.807, 2.05) is 4.90 Å². The van der Waals surface area contributed by atoms with Crippen LogP contribution in [0.4, 0.5) is 0 Å². The first kappa shape index (κ1) is 23.6. The lowest BCUT2D eigenvalue weighted by Gasteiger charge is -2.34. The molecular formula is C23H26N4O7. The van der Waals surface area contributed by atoms with Crippen molar-refractivity contribution in [3.63, 3.8) is 0 Å². The average Bonchev–Trinajstić information content (AvgIpc) is 3.38. The van der Waals surface area contributed by atoms with Crippen molar-refractivity contribution in [2.24, 2.45) is 0 Å². The van der Waals surface area contributed by atoms with Crippen LogP contribution in [0.1, 0.15) is 60.2 Å². The summed E-state index contributed by atoms with van der Waals surface area (Å²) in [5.41, 5.74) is -1.19. The summed E-state index contributed by atoms with van der Waals surface area (Å²) in [7, 11) is 0. The van der Waals surface area contributed by atoms with Crippen molar-refractivity contribution < 1.29 is 33.6 Å². The third kappa shape index (κ3) is 4.30. The Morgan fingerprint density at radius 2 is 1.62 bits per heavy atom. The number of piperidine rings is 1. The Balaban J connectivity index is 1.44. The number of hydrogen-bond donors (Lipinski definition) is 1. The highest BCUT2D eigenvalue weighted by molar-refractivity contribution is 6.23. The van der Waals surface area contributed by atoms with Crippen LogP contribution in [-0.4, -0.2) is 81.6 Å². The molecule has 11 nitrogen and oxygen atoms in total. The van der Waals surface area contributed by atoms with Gasteiger partial charge in [-0.3, -0.25) is 33.8 Å². The highest BCUT2D eigenvalue weighted by Gasteiger charge is 2.49. The van der Waals surface area contributed by atoms with E-state index in [-0.39, 0.29) is 36.4 Å². The van der Waals surface area contributed by atoms with E-state index in [9.17, 15) is 28.8 Å². The Labute approximate surface area is 195 Å². The topological polar surface area (TPSA) is 133 Å². The Kier molecular flexibility index (Phi) is 6.22. The molecule has 5 amide bonds. The minimum Gasteiger partial charge on any atom is -0.340 e. The summed E-state index contributed by atoms with van der Waals surface area (Å²) in [5, 5.41) is 2.87. The summed E-state index contributed by atoms with van der Waals surface area (Å²) in [6.45, 7) is 4.53. The Morgan fingerprint density at radius 3 is 2.21 bits per heavy atom. The van der Waals surface area contributed by atoms with Gasteiger partial charge < -0.3 is 10.2 Å². The number of nitrogens with zero attached hydrogens (tertiary/aromatic N) is 3. The van der Waals surface area contributed by atoms with Crippen molar-refractivity contribution in [1.29, 1.82) is 0 Å². The SMILES string of the molecule is CC(C)(NC(=O)CN1CCCC1)C(=O)ON1C(=O)CC[C@H](N2C(=O)c3ccccc3C2=O)C1=O. The lowest BCUT2D eigenvalue weighted by atomic mass is 10.0. The number of hydrogen-bond acceptors (Lipinski definition) is 8. The number of rotatable bonds is 6. The van der Waals surface area contributed by atoms with Gasteiger partial charge in [0.1, 0.15) is 11.6 Å². The van der Waals surface area contributed by atoms with Crippen molar-refractivity contribution >= 4 is 35.5 Å². The fourth-order valence-electron chi connectivity index (χ4n) is 4.35. The summed E-state index contributed by atoms with van der Waals surface area (Å²) in [6, 6.07) is 4.89. The molecule has 2 saturated heterocycles. The molecule has 0 aromatic heterocycles. The number of imide groups is 2. The number of fused-ring (bicyclic) bond motifs is 1. The maximum absolute atomic E-state index is 13.1. The van der Waals surface area contributed by atoms with Crippen LogP contribution in [0, 0.1) is 0 Å². The number of carbonyl (C=O) groups excluding carboxylic acids is 6. The monoisotopic (exact) mass is 470 g/mol. The molecule has 180 valence electrons. The fourth-order valence-corrected chi connectivity index (χ4v) is 4.35. The highest BCUT2D eigenvalue weighted by atomic mass is 16.7. The lowest BCUT2D eigenvalue weighted by Crippen LogP contribution is -2.59. The zero-order valence-corrected chi connectivity index (χ0v) is 19.0. The number of carbonyl (C=O) groups is 6. The van der Waals surface area contributed by atoms with Crippen LogP contribution in [0.25, 0.3) is 0 Å². The van der Waals surface area contributed by atoms with Crippen LogP contribution >= 0.6 is 0 Å². The van der Waals surface area contributed by atoms with E-state index in [0.29, 0.717) is 5.06 Å². The highest BCUT2D eigenvalue weighted by Crippen LogP contribution is 2.29. The smallest absolute Gasteiger partial charge is 0.340 e. The molecule has 3 aliphatic heterocycles. The van der Waals surface area contributed by atoms with Crippen LogP contribution < -0.4 is 5.32 Å². The first-order valence-electron chi connectivity index (χ1n) is 11.2. The largest absolute Gasteiger partial charge is 0.357 e. The number of hydroxylamine groups is 2. The van der Waals surface area contributed by atoms with Gasteiger partial charge in [-0.15, -0.1) is 5.06 Å². The zero-order chi connectivity index (χ0) is 24.6. The molecule has 11 heteroatoms. The molecule has 4 rings (SSSR count). The van der Waals surface area contributed by atoms with Crippen molar-refractivity contribution in [3.8, 4) is 0 Å². The number of amides is 5. The van der Waals surface area contributed by atoms with E-state index >= 15 is 0 Å². The van der Waals surface area contributed by atoms with Crippen LogP contribution in [0.3, 0.4) is 0 Å². The third-order valence-electron chi connectivity index (χ3n) is 6.18. The third-order valence-corrected chi connectivity index (χ3v) is 6.18. The molecule has 0 aliphatic carbocycles. The summed E-state index contributed by atoms with van der Waals surface area (Å²) < 4.78 is 0. The Bertz CT molecular complexity index is 1040. The number of benzene rings is 1. The van der Waals surface area contributed by atoms with Gasteiger partial charge in [0.2, 0.25) is 5.91 Å². The van der Waals surface area contributed by atoms with E-state index in [2.05, 4.69) is 5.32 Å². The minimum absolute atomic E-state index is 0.0762. The number of likely N-dealkylation sites (tertiary alicyclic amines) is 1. The zero-order valence-electron chi connectivity index (χ0n) is 19.0. The van der Waals surface area contributed by atoms with Gasteiger partial charge in [0, 0.05) is 6.42 Å². The molecule has 2 fully saturated rings. The van der Waals surface area contributed by atoms with Gasteiger partial charge in [-0.25, -0.2) is 4.79 Å². The maximum Gasteiger partial charge on any atom is 0.357 e. The number of nitrogens with one attached hydrogen (secondary N) is 1. The summed E-state index contributed by atoms with van der Waals surface area (Å²) in [6.07, 6.45) is 1.73. The lowest BCUT2D eigenvalue weighted by molar-refractivity contribution is -0.211.